The van der Waals surface area contributed by atoms with Gasteiger partial charge in [-0.05, 0) is 50.2 Å². The number of aliphatic carboxylic acids is 1. The highest BCUT2D eigenvalue weighted by atomic mass is 16.6. The van der Waals surface area contributed by atoms with E-state index in [0.717, 1.165) is 11.1 Å². The third-order valence-corrected chi connectivity index (χ3v) is 5.06. The molecule has 3 rings (SSSR count). The van der Waals surface area contributed by atoms with Crippen molar-refractivity contribution in [2.75, 3.05) is 5.32 Å². The van der Waals surface area contributed by atoms with Gasteiger partial charge in [-0.25, -0.2) is 14.4 Å². The van der Waals surface area contributed by atoms with Gasteiger partial charge in [-0.1, -0.05) is 47.5 Å². The summed E-state index contributed by atoms with van der Waals surface area (Å²) in [7, 11) is 0. The van der Waals surface area contributed by atoms with Gasteiger partial charge in [0.05, 0.1) is 22.4 Å². The van der Waals surface area contributed by atoms with Crippen molar-refractivity contribution in [1.29, 1.82) is 5.26 Å². The summed E-state index contributed by atoms with van der Waals surface area (Å²) in [5.41, 5.74) is 1.74. The van der Waals surface area contributed by atoms with Gasteiger partial charge in [-0.3, -0.25) is 4.79 Å². The molecule has 0 aliphatic carbocycles. The number of ether oxygens (including phenoxy) is 2. The van der Waals surface area contributed by atoms with Crippen LogP contribution in [0.4, 0.5) is 5.69 Å². The van der Waals surface area contributed by atoms with Crippen molar-refractivity contribution in [2.45, 2.75) is 26.1 Å². The van der Waals surface area contributed by atoms with E-state index in [1.54, 1.807) is 50.2 Å². The number of aryl methyl sites for hydroxylation is 2. The molecule has 2 atom stereocenters. The van der Waals surface area contributed by atoms with Gasteiger partial charge in [0.15, 0.2) is 0 Å². The number of carboxylic acids is 1. The lowest BCUT2D eigenvalue weighted by molar-refractivity contribution is -0.157. The van der Waals surface area contributed by atoms with Gasteiger partial charge in [0, 0.05) is 0 Å². The molecule has 2 unspecified atom stereocenters. The van der Waals surface area contributed by atoms with Crippen molar-refractivity contribution in [2.24, 2.45) is 0 Å². The van der Waals surface area contributed by atoms with Gasteiger partial charge in [0.25, 0.3) is 5.91 Å². The van der Waals surface area contributed by atoms with Crippen molar-refractivity contribution in [3.05, 3.63) is 101 Å². The number of amides is 1. The minimum absolute atomic E-state index is 0.0558. The van der Waals surface area contributed by atoms with Crippen LogP contribution in [0.5, 0.6) is 0 Å². The van der Waals surface area contributed by atoms with E-state index in [1.807, 2.05) is 6.07 Å². The fourth-order valence-electron chi connectivity index (χ4n) is 3.30. The molecular weight excluding hydrogens is 464 g/mol. The smallest absolute Gasteiger partial charge is 0.349 e. The summed E-state index contributed by atoms with van der Waals surface area (Å²) in [6.45, 7) is 3.47. The van der Waals surface area contributed by atoms with Crippen LogP contribution in [0.25, 0.3) is 0 Å². The van der Waals surface area contributed by atoms with Gasteiger partial charge in [0.1, 0.15) is 6.07 Å². The lowest BCUT2D eigenvalue weighted by Crippen LogP contribution is -2.48. The Morgan fingerprint density at radius 2 is 1.33 bits per heavy atom. The maximum absolute atomic E-state index is 13.2. The van der Waals surface area contributed by atoms with Crippen LogP contribution >= 0.6 is 0 Å². The van der Waals surface area contributed by atoms with Crippen molar-refractivity contribution in [1.82, 2.24) is 0 Å². The predicted molar refractivity (Wildman–Crippen MR) is 128 cm³/mol. The minimum atomic E-state index is -2.18. The highest BCUT2D eigenvalue weighted by molar-refractivity contribution is 6.02. The van der Waals surface area contributed by atoms with E-state index in [-0.39, 0.29) is 22.4 Å². The number of nitrogens with zero attached hydrogens (tertiary/aromatic N) is 1. The van der Waals surface area contributed by atoms with Crippen LogP contribution in [0.1, 0.15) is 37.4 Å². The van der Waals surface area contributed by atoms with E-state index < -0.39 is 36.0 Å². The third kappa shape index (κ3) is 6.33. The molecule has 0 aliphatic rings. The predicted octanol–water partition coefficient (Wildman–Crippen LogP) is 3.65. The molecule has 9 nitrogen and oxygen atoms in total. The summed E-state index contributed by atoms with van der Waals surface area (Å²) in [4.78, 5) is 50.8. The normalized spacial score (nSPS) is 11.9. The fourth-order valence-corrected chi connectivity index (χ4v) is 3.30. The van der Waals surface area contributed by atoms with Gasteiger partial charge >= 0.3 is 17.9 Å². The number of anilines is 1. The van der Waals surface area contributed by atoms with Crippen molar-refractivity contribution in [3.8, 4) is 6.07 Å². The Bertz CT molecular complexity index is 1360. The number of nitrogens with one attached hydrogen (secondary N) is 1. The molecule has 0 bridgehead atoms. The Balaban J connectivity index is 1.96. The van der Waals surface area contributed by atoms with Crippen LogP contribution in [0.15, 0.2) is 72.8 Å². The number of carbonyl (C=O) groups is 4. The van der Waals surface area contributed by atoms with E-state index >= 15 is 0 Å². The Hall–Kier alpha value is -4.97. The Labute approximate surface area is 206 Å². The molecule has 0 saturated heterocycles. The van der Waals surface area contributed by atoms with E-state index in [4.69, 9.17) is 9.47 Å². The summed E-state index contributed by atoms with van der Waals surface area (Å²) in [5, 5.41) is 21.5. The molecule has 0 aromatic heterocycles. The summed E-state index contributed by atoms with van der Waals surface area (Å²) in [6.07, 6.45) is -4.25. The first-order chi connectivity index (χ1) is 17.2. The lowest BCUT2D eigenvalue weighted by Gasteiger charge is -2.24. The molecule has 36 heavy (non-hydrogen) atoms. The highest BCUT2D eigenvalue weighted by Crippen LogP contribution is 2.19. The molecule has 1 amide bonds. The number of esters is 2. The van der Waals surface area contributed by atoms with Crippen LogP contribution in [-0.4, -0.2) is 41.1 Å². The summed E-state index contributed by atoms with van der Waals surface area (Å²) in [5.74, 6) is -4.82. The molecule has 0 spiro atoms. The Morgan fingerprint density at radius 3 is 1.83 bits per heavy atom. The van der Waals surface area contributed by atoms with Crippen molar-refractivity contribution >= 4 is 29.5 Å². The van der Waals surface area contributed by atoms with E-state index in [9.17, 15) is 29.5 Å². The van der Waals surface area contributed by atoms with Crippen molar-refractivity contribution in [3.63, 3.8) is 0 Å². The number of hydrogen-bond acceptors (Lipinski definition) is 7. The average molecular weight is 486 g/mol. The molecule has 0 aliphatic heterocycles. The minimum Gasteiger partial charge on any atom is -0.478 e. The number of benzene rings is 3. The average Bonchev–Trinajstić information content (AvgIpc) is 2.86. The zero-order valence-corrected chi connectivity index (χ0v) is 19.4. The largest absolute Gasteiger partial charge is 0.478 e. The first-order valence-electron chi connectivity index (χ1n) is 10.8. The molecule has 182 valence electrons. The second kappa shape index (κ2) is 11.4. The number of carbonyl (C=O) groups excluding carboxylic acids is 3. The van der Waals surface area contributed by atoms with Crippen LogP contribution in [-0.2, 0) is 19.1 Å². The molecular formula is C27H22N2O7. The molecule has 0 radical (unpaired) electrons. The zero-order chi connectivity index (χ0) is 26.2. The first-order valence-corrected chi connectivity index (χ1v) is 10.8. The van der Waals surface area contributed by atoms with Crippen LogP contribution in [0, 0.1) is 25.2 Å². The third-order valence-electron chi connectivity index (χ3n) is 5.06. The number of para-hydroxylation sites is 1. The van der Waals surface area contributed by atoms with E-state index in [1.165, 1.54) is 36.4 Å². The molecule has 2 N–H and O–H groups in total. The number of nitriles is 1. The monoisotopic (exact) mass is 486 g/mol. The van der Waals surface area contributed by atoms with Crippen molar-refractivity contribution < 1.29 is 33.8 Å². The van der Waals surface area contributed by atoms with E-state index in [0.29, 0.717) is 0 Å². The first kappa shape index (κ1) is 25.6. The Kier molecular flexibility index (Phi) is 8.15. The summed E-state index contributed by atoms with van der Waals surface area (Å²) < 4.78 is 10.4. The SMILES string of the molecule is Cc1cccc(C(=O)OC(C(=O)O)C(OC(=O)c2cccc(C)c2)C(=O)Nc2ccccc2C#N)c1. The quantitative estimate of drug-likeness (QED) is 0.459. The maximum atomic E-state index is 13.2. The lowest BCUT2D eigenvalue weighted by atomic mass is 10.1. The Morgan fingerprint density at radius 1 is 0.806 bits per heavy atom. The van der Waals surface area contributed by atoms with Crippen LogP contribution in [0.2, 0.25) is 0 Å². The standard InChI is InChI=1S/C27H22N2O7/c1-16-7-5-10-18(13-16)26(33)35-22(24(30)29-21-12-4-3-9-20(21)15-28)23(25(31)32)36-27(34)19-11-6-8-17(2)14-19/h3-14,22-23H,1-2H3,(H,29,30)(H,31,32). The molecule has 9 heteroatoms. The van der Waals surface area contributed by atoms with Gasteiger partial charge < -0.3 is 19.9 Å². The van der Waals surface area contributed by atoms with Gasteiger partial charge in [-0.2, -0.15) is 5.26 Å². The second-order valence-electron chi connectivity index (χ2n) is 7.88. The molecule has 0 heterocycles. The van der Waals surface area contributed by atoms with E-state index in [2.05, 4.69) is 5.32 Å². The summed E-state index contributed by atoms with van der Waals surface area (Å²) >= 11 is 0. The van der Waals surface area contributed by atoms with Gasteiger partial charge in [0.2, 0.25) is 12.2 Å². The number of rotatable bonds is 8. The van der Waals surface area contributed by atoms with Gasteiger partial charge in [-0.15, -0.1) is 0 Å². The maximum Gasteiger partial charge on any atom is 0.349 e. The molecule has 3 aromatic rings. The molecule has 3 aromatic carbocycles. The fraction of sp³-hybridized carbons (Fsp3) is 0.148. The number of carboxylic acid groups (broad SMARTS) is 1. The zero-order valence-electron chi connectivity index (χ0n) is 19.4. The molecule has 0 saturated carbocycles. The second-order valence-corrected chi connectivity index (χ2v) is 7.88. The number of hydrogen-bond donors (Lipinski definition) is 2. The van der Waals surface area contributed by atoms with Crippen LogP contribution in [0.3, 0.4) is 0 Å². The summed E-state index contributed by atoms with van der Waals surface area (Å²) in [6, 6.07) is 20.4. The molecule has 0 fully saturated rings. The topological polar surface area (TPSA) is 143 Å². The van der Waals surface area contributed by atoms with Crippen LogP contribution < -0.4 is 5.32 Å². The highest BCUT2D eigenvalue weighted by Gasteiger charge is 2.41.